The molecular weight excluding hydrogens is 268 g/mol. The van der Waals surface area contributed by atoms with Crippen molar-refractivity contribution in [3.8, 4) is 0 Å². The summed E-state index contributed by atoms with van der Waals surface area (Å²) in [5, 5.41) is 0.853. The zero-order valence-corrected chi connectivity index (χ0v) is 13.7. The molecule has 0 unspecified atom stereocenters. The zero-order chi connectivity index (χ0) is 14.8. The second-order valence-electron chi connectivity index (χ2n) is 6.90. The molecule has 1 aliphatic rings. The number of halogens is 1. The fraction of sp³-hybridized carbons (Fsp3) is 0.647. The third-order valence-electron chi connectivity index (χ3n) is 4.55. The summed E-state index contributed by atoms with van der Waals surface area (Å²) in [4.78, 5) is 2.49. The molecule has 1 fully saturated rings. The summed E-state index contributed by atoms with van der Waals surface area (Å²) < 4.78 is 0. The van der Waals surface area contributed by atoms with Gasteiger partial charge in [0.25, 0.3) is 0 Å². The highest BCUT2D eigenvalue weighted by molar-refractivity contribution is 6.31. The van der Waals surface area contributed by atoms with Gasteiger partial charge in [-0.2, -0.15) is 0 Å². The molecule has 112 valence electrons. The molecular formula is C17H27ClN2. The Morgan fingerprint density at radius 3 is 2.45 bits per heavy atom. The van der Waals surface area contributed by atoms with Crippen LogP contribution in [0.2, 0.25) is 5.02 Å². The van der Waals surface area contributed by atoms with E-state index >= 15 is 0 Å². The van der Waals surface area contributed by atoms with Crippen LogP contribution in [-0.4, -0.2) is 19.6 Å². The highest BCUT2D eigenvalue weighted by Crippen LogP contribution is 2.37. The molecule has 2 N–H and O–H groups in total. The van der Waals surface area contributed by atoms with E-state index in [-0.39, 0.29) is 0 Å². The molecule has 0 atom stereocenters. The number of benzene rings is 1. The van der Waals surface area contributed by atoms with Gasteiger partial charge in [-0.1, -0.05) is 38.4 Å². The first-order valence-corrected chi connectivity index (χ1v) is 8.03. The van der Waals surface area contributed by atoms with Gasteiger partial charge in [-0.05, 0) is 54.8 Å². The van der Waals surface area contributed by atoms with Crippen molar-refractivity contribution in [2.75, 3.05) is 24.5 Å². The van der Waals surface area contributed by atoms with Gasteiger partial charge < -0.3 is 10.6 Å². The number of nitrogens with two attached hydrogens (primary N) is 1. The molecule has 0 aliphatic carbocycles. The lowest BCUT2D eigenvalue weighted by Gasteiger charge is -2.40. The molecule has 1 aromatic carbocycles. The predicted octanol–water partition coefficient (Wildman–Crippen LogP) is 4.10. The Hall–Kier alpha value is -0.730. The summed E-state index contributed by atoms with van der Waals surface area (Å²) in [6.45, 7) is 9.96. The summed E-state index contributed by atoms with van der Waals surface area (Å²) in [5.74, 6) is 0.816. The molecule has 0 radical (unpaired) electrons. The van der Waals surface area contributed by atoms with E-state index in [9.17, 15) is 0 Å². The lowest BCUT2D eigenvalue weighted by molar-refractivity contribution is 0.199. The van der Waals surface area contributed by atoms with Crippen molar-refractivity contribution in [1.29, 1.82) is 0 Å². The number of hydrogen-bond acceptors (Lipinski definition) is 2. The van der Waals surface area contributed by atoms with Crippen molar-refractivity contribution in [2.24, 2.45) is 17.1 Å². The van der Waals surface area contributed by atoms with E-state index in [0.717, 1.165) is 30.5 Å². The van der Waals surface area contributed by atoms with Gasteiger partial charge in [0.05, 0.1) is 0 Å². The van der Waals surface area contributed by atoms with Crippen molar-refractivity contribution >= 4 is 17.3 Å². The second-order valence-corrected chi connectivity index (χ2v) is 7.31. The van der Waals surface area contributed by atoms with Crippen LogP contribution in [0.15, 0.2) is 18.2 Å². The minimum absolute atomic E-state index is 0.417. The van der Waals surface area contributed by atoms with Gasteiger partial charge in [0, 0.05) is 23.8 Å². The van der Waals surface area contributed by atoms with E-state index < -0.39 is 0 Å². The van der Waals surface area contributed by atoms with Gasteiger partial charge in [-0.15, -0.1) is 0 Å². The van der Waals surface area contributed by atoms with Crippen LogP contribution in [0, 0.1) is 11.3 Å². The highest BCUT2D eigenvalue weighted by Gasteiger charge is 2.29. The first kappa shape index (κ1) is 15.7. The van der Waals surface area contributed by atoms with Crippen LogP contribution in [0.5, 0.6) is 0 Å². The average molecular weight is 295 g/mol. The molecule has 1 aliphatic heterocycles. The van der Waals surface area contributed by atoms with Crippen molar-refractivity contribution in [3.05, 3.63) is 28.8 Å². The van der Waals surface area contributed by atoms with E-state index in [0.29, 0.717) is 12.0 Å². The Labute approximate surface area is 128 Å². The third-order valence-corrected chi connectivity index (χ3v) is 4.90. The fourth-order valence-corrected chi connectivity index (χ4v) is 3.49. The maximum Gasteiger partial charge on any atom is 0.0459 e. The first-order chi connectivity index (χ1) is 9.43. The fourth-order valence-electron chi connectivity index (χ4n) is 3.22. The molecule has 0 amide bonds. The number of rotatable bonds is 3. The summed E-state index contributed by atoms with van der Waals surface area (Å²) in [6.07, 6.45) is 3.38. The van der Waals surface area contributed by atoms with E-state index in [1.54, 1.807) is 0 Å². The van der Waals surface area contributed by atoms with Crippen LogP contribution in [0.4, 0.5) is 5.69 Å². The normalized spacial score (nSPS) is 17.6. The van der Waals surface area contributed by atoms with Crippen molar-refractivity contribution in [3.63, 3.8) is 0 Å². The van der Waals surface area contributed by atoms with Crippen molar-refractivity contribution < 1.29 is 0 Å². The lowest BCUT2D eigenvalue weighted by atomic mass is 9.75. The van der Waals surface area contributed by atoms with Crippen LogP contribution in [0.3, 0.4) is 0 Å². The average Bonchev–Trinajstić information content (AvgIpc) is 2.40. The van der Waals surface area contributed by atoms with Crippen LogP contribution in [0.1, 0.15) is 39.2 Å². The van der Waals surface area contributed by atoms with Gasteiger partial charge in [0.2, 0.25) is 0 Å². The van der Waals surface area contributed by atoms with E-state index in [1.807, 2.05) is 12.1 Å². The van der Waals surface area contributed by atoms with Gasteiger partial charge in [-0.3, -0.25) is 0 Å². The smallest absolute Gasteiger partial charge is 0.0459 e. The lowest BCUT2D eigenvalue weighted by Crippen LogP contribution is -2.38. The molecule has 1 heterocycles. The number of nitrogens with zero attached hydrogens (tertiary/aromatic N) is 1. The summed E-state index contributed by atoms with van der Waals surface area (Å²) >= 11 is 6.35. The molecule has 1 aromatic rings. The van der Waals surface area contributed by atoms with Crippen molar-refractivity contribution in [2.45, 2.75) is 40.0 Å². The van der Waals surface area contributed by atoms with E-state index in [2.05, 4.69) is 31.7 Å². The summed E-state index contributed by atoms with van der Waals surface area (Å²) in [5.41, 5.74) is 8.65. The molecule has 0 saturated carbocycles. The van der Waals surface area contributed by atoms with Gasteiger partial charge in [0.15, 0.2) is 0 Å². The Morgan fingerprint density at radius 1 is 1.25 bits per heavy atom. The molecule has 3 heteroatoms. The SMILES string of the molecule is CC(C)(C)C1CCN(c2cccc(Cl)c2CCN)CC1. The van der Waals surface area contributed by atoms with Crippen LogP contribution >= 0.6 is 11.6 Å². The maximum atomic E-state index is 6.35. The molecule has 2 rings (SSSR count). The molecule has 0 aromatic heterocycles. The molecule has 1 saturated heterocycles. The minimum Gasteiger partial charge on any atom is -0.371 e. The molecule has 2 nitrogen and oxygen atoms in total. The largest absolute Gasteiger partial charge is 0.371 e. The topological polar surface area (TPSA) is 29.3 Å². The standard InChI is InChI=1S/C17H27ClN2/c1-17(2,3)13-8-11-20(12-9-13)16-6-4-5-15(18)14(16)7-10-19/h4-6,13H,7-12,19H2,1-3H3. The Morgan fingerprint density at radius 2 is 1.90 bits per heavy atom. The third kappa shape index (κ3) is 3.48. The number of piperidine rings is 1. The minimum atomic E-state index is 0.417. The zero-order valence-electron chi connectivity index (χ0n) is 13.0. The van der Waals surface area contributed by atoms with Gasteiger partial charge in [0.1, 0.15) is 0 Å². The molecule has 20 heavy (non-hydrogen) atoms. The first-order valence-electron chi connectivity index (χ1n) is 7.66. The predicted molar refractivity (Wildman–Crippen MR) is 88.6 cm³/mol. The second kappa shape index (κ2) is 6.36. The monoisotopic (exact) mass is 294 g/mol. The van der Waals surface area contributed by atoms with Crippen LogP contribution in [-0.2, 0) is 6.42 Å². The number of hydrogen-bond donors (Lipinski definition) is 1. The van der Waals surface area contributed by atoms with Gasteiger partial charge >= 0.3 is 0 Å². The van der Waals surface area contributed by atoms with E-state index in [4.69, 9.17) is 17.3 Å². The Bertz CT molecular complexity index is 443. The Balaban J connectivity index is 2.13. The Kier molecular flexibility index (Phi) is 4.98. The highest BCUT2D eigenvalue weighted by atomic mass is 35.5. The molecule has 0 spiro atoms. The number of anilines is 1. The maximum absolute atomic E-state index is 6.35. The quantitative estimate of drug-likeness (QED) is 0.909. The van der Waals surface area contributed by atoms with E-state index in [1.165, 1.54) is 24.1 Å². The summed E-state index contributed by atoms with van der Waals surface area (Å²) in [7, 11) is 0. The van der Waals surface area contributed by atoms with Gasteiger partial charge in [-0.25, -0.2) is 0 Å². The molecule has 0 bridgehead atoms. The summed E-state index contributed by atoms with van der Waals surface area (Å²) in [6, 6.07) is 6.21. The van der Waals surface area contributed by atoms with Crippen LogP contribution in [0.25, 0.3) is 0 Å². The van der Waals surface area contributed by atoms with Crippen molar-refractivity contribution in [1.82, 2.24) is 0 Å². The van der Waals surface area contributed by atoms with Crippen LogP contribution < -0.4 is 10.6 Å².